The van der Waals surface area contributed by atoms with Gasteiger partial charge in [-0.3, -0.25) is 0 Å². The number of fused-ring (bicyclic) bond motifs is 6. The first-order valence-corrected chi connectivity index (χ1v) is 17.5. The summed E-state index contributed by atoms with van der Waals surface area (Å²) in [6.07, 6.45) is 0. The van der Waals surface area contributed by atoms with Crippen LogP contribution in [0.5, 0.6) is 0 Å². The van der Waals surface area contributed by atoms with Crippen LogP contribution < -0.4 is 0 Å². The minimum absolute atomic E-state index is 0.0511. The Labute approximate surface area is 299 Å². The molecule has 8 aromatic rings. The van der Waals surface area contributed by atoms with Crippen LogP contribution in [0.3, 0.4) is 0 Å². The first-order chi connectivity index (χ1) is 24.4. The van der Waals surface area contributed by atoms with Crippen molar-refractivity contribution >= 4 is 49.3 Å². The number of benzene rings is 6. The van der Waals surface area contributed by atoms with E-state index in [4.69, 9.17) is 6.57 Å². The highest BCUT2D eigenvalue weighted by molar-refractivity contribution is 6.13. The molecule has 4 heteroatoms. The van der Waals surface area contributed by atoms with Gasteiger partial charge in [0.1, 0.15) is 0 Å². The van der Waals surface area contributed by atoms with Gasteiger partial charge in [-0.15, -0.1) is 0 Å². The summed E-state index contributed by atoms with van der Waals surface area (Å²) in [4.78, 5) is 4.45. The van der Waals surface area contributed by atoms with Crippen molar-refractivity contribution in [2.75, 3.05) is 0 Å². The molecule has 4 nitrogen and oxygen atoms in total. The van der Waals surface area contributed by atoms with Gasteiger partial charge in [0.2, 0.25) is 5.69 Å². The number of nitrogens with zero attached hydrogens (tertiary/aromatic N) is 4. The monoisotopic (exact) mass is 660 g/mol. The highest BCUT2D eigenvalue weighted by atomic mass is 15.1. The van der Waals surface area contributed by atoms with Gasteiger partial charge in [0, 0.05) is 21.5 Å². The summed E-state index contributed by atoms with van der Waals surface area (Å²) in [5.74, 6) is 0. The van der Waals surface area contributed by atoms with Gasteiger partial charge in [0.25, 0.3) is 0 Å². The van der Waals surface area contributed by atoms with E-state index in [2.05, 4.69) is 165 Å². The molecule has 0 aliphatic carbocycles. The Morgan fingerprint density at radius 2 is 1.12 bits per heavy atom. The Bertz CT molecular complexity index is 2800. The molecule has 0 fully saturated rings. The third-order valence-corrected chi connectivity index (χ3v) is 10.3. The number of aromatic nitrogens is 2. The summed E-state index contributed by atoms with van der Waals surface area (Å²) in [5.41, 5.74) is 12.2. The van der Waals surface area contributed by atoms with Gasteiger partial charge in [-0.2, -0.15) is 5.26 Å². The number of rotatable bonds is 3. The molecule has 0 unspecified atom stereocenters. The second-order valence-electron chi connectivity index (χ2n) is 15.8. The Morgan fingerprint density at radius 1 is 0.588 bits per heavy atom. The van der Waals surface area contributed by atoms with Crippen molar-refractivity contribution in [3.8, 4) is 28.6 Å². The minimum atomic E-state index is -0.0746. The molecule has 0 saturated heterocycles. The van der Waals surface area contributed by atoms with Crippen LogP contribution in [0.15, 0.2) is 115 Å². The van der Waals surface area contributed by atoms with Gasteiger partial charge in [-0.1, -0.05) is 114 Å². The lowest BCUT2D eigenvalue weighted by molar-refractivity contribution is 0.590. The number of aryl methyl sites for hydroxylation is 1. The molecule has 0 radical (unpaired) electrons. The number of para-hydroxylation sites is 2. The molecule has 8 rings (SSSR count). The molecule has 0 aliphatic heterocycles. The third-order valence-electron chi connectivity index (χ3n) is 10.3. The van der Waals surface area contributed by atoms with Crippen LogP contribution in [-0.4, -0.2) is 9.13 Å². The molecule has 248 valence electrons. The second-order valence-corrected chi connectivity index (χ2v) is 15.8. The van der Waals surface area contributed by atoms with Crippen molar-refractivity contribution in [1.29, 1.82) is 5.26 Å². The topological polar surface area (TPSA) is 38.0 Å². The maximum atomic E-state index is 10.0. The number of hydrogen-bond donors (Lipinski definition) is 0. The lowest BCUT2D eigenvalue weighted by atomic mass is 9.86. The lowest BCUT2D eigenvalue weighted by Gasteiger charge is -2.22. The zero-order chi connectivity index (χ0) is 35.8. The third kappa shape index (κ3) is 5.10. The van der Waals surface area contributed by atoms with Crippen molar-refractivity contribution < 1.29 is 0 Å². The van der Waals surface area contributed by atoms with Crippen molar-refractivity contribution in [1.82, 2.24) is 9.13 Å². The highest BCUT2D eigenvalue weighted by Crippen LogP contribution is 2.46. The first-order valence-electron chi connectivity index (χ1n) is 17.5. The van der Waals surface area contributed by atoms with E-state index in [1.54, 1.807) is 0 Å². The highest BCUT2D eigenvalue weighted by Gasteiger charge is 2.26. The van der Waals surface area contributed by atoms with E-state index in [9.17, 15) is 5.26 Å². The van der Waals surface area contributed by atoms with Crippen LogP contribution in [0.4, 0.5) is 5.69 Å². The smallest absolute Gasteiger partial charge is 0.234 e. The molecule has 51 heavy (non-hydrogen) atoms. The van der Waals surface area contributed by atoms with Gasteiger partial charge in [0.15, 0.2) is 0 Å². The standard InChI is InChI=1S/C47H40N4/c1-29-23-30(28-48)25-31(24-29)34-21-22-41(50-39-15-11-9-13-35(39)37-19-17-32(26-42(37)50)46(2,3)4)44(49-8)45(34)51-40-16-12-10-14-36(40)38-20-18-33(27-43(38)51)47(5,6)7/h9-27H,1-7H3. The zero-order valence-corrected chi connectivity index (χ0v) is 30.3. The van der Waals surface area contributed by atoms with Crippen LogP contribution in [0.25, 0.3) is 71.0 Å². The normalized spacial score (nSPS) is 12.2. The predicted molar refractivity (Wildman–Crippen MR) is 214 cm³/mol. The van der Waals surface area contributed by atoms with Crippen LogP contribution in [-0.2, 0) is 10.8 Å². The van der Waals surface area contributed by atoms with Gasteiger partial charge >= 0.3 is 0 Å². The summed E-state index contributed by atoms with van der Waals surface area (Å²) in [7, 11) is 0. The van der Waals surface area contributed by atoms with E-state index < -0.39 is 0 Å². The maximum absolute atomic E-state index is 10.0. The van der Waals surface area contributed by atoms with Crippen molar-refractivity contribution in [3.63, 3.8) is 0 Å². The lowest BCUT2D eigenvalue weighted by Crippen LogP contribution is -2.11. The Balaban J connectivity index is 1.58. The fraction of sp³-hybridized carbons (Fsp3) is 0.191. The van der Waals surface area contributed by atoms with Crippen molar-refractivity contribution in [2.24, 2.45) is 0 Å². The molecular formula is C47H40N4. The molecule has 2 heterocycles. The molecule has 0 aliphatic rings. The second kappa shape index (κ2) is 11.5. The first kappa shape index (κ1) is 32.1. The summed E-state index contributed by atoms with van der Waals surface area (Å²) < 4.78 is 4.58. The van der Waals surface area contributed by atoms with Crippen LogP contribution >= 0.6 is 0 Å². The van der Waals surface area contributed by atoms with E-state index in [1.165, 1.54) is 11.1 Å². The van der Waals surface area contributed by atoms with E-state index in [0.717, 1.165) is 71.7 Å². The molecule has 0 amide bonds. The summed E-state index contributed by atoms with van der Waals surface area (Å²) in [6.45, 7) is 24.4. The van der Waals surface area contributed by atoms with E-state index >= 15 is 0 Å². The van der Waals surface area contributed by atoms with Crippen LogP contribution in [0.2, 0.25) is 0 Å². The summed E-state index contributed by atoms with van der Waals surface area (Å²) >= 11 is 0. The zero-order valence-electron chi connectivity index (χ0n) is 30.3. The number of nitriles is 1. The molecule has 0 atom stereocenters. The Kier molecular flexibility index (Phi) is 7.23. The van der Waals surface area contributed by atoms with Gasteiger partial charge in [0.05, 0.1) is 51.6 Å². The quantitative estimate of drug-likeness (QED) is 0.174. The molecule has 2 aromatic heterocycles. The van der Waals surface area contributed by atoms with E-state index in [0.29, 0.717) is 11.3 Å². The summed E-state index contributed by atoms with van der Waals surface area (Å²) in [6, 6.07) is 43.1. The molecular weight excluding hydrogens is 621 g/mol. The average molecular weight is 661 g/mol. The van der Waals surface area contributed by atoms with Crippen molar-refractivity contribution in [2.45, 2.75) is 59.3 Å². The Hall–Kier alpha value is -6.10. The van der Waals surface area contributed by atoms with Crippen LogP contribution in [0.1, 0.15) is 63.8 Å². The molecule has 0 bridgehead atoms. The maximum Gasteiger partial charge on any atom is 0.234 e. The van der Waals surface area contributed by atoms with Gasteiger partial charge < -0.3 is 9.13 Å². The molecule has 0 N–H and O–H groups in total. The summed E-state index contributed by atoms with van der Waals surface area (Å²) in [5, 5.41) is 14.6. The van der Waals surface area contributed by atoms with E-state index in [1.807, 2.05) is 19.1 Å². The van der Waals surface area contributed by atoms with E-state index in [-0.39, 0.29) is 10.8 Å². The van der Waals surface area contributed by atoms with Gasteiger partial charge in [-0.25, -0.2) is 4.85 Å². The average Bonchev–Trinajstić information content (AvgIpc) is 3.62. The SMILES string of the molecule is [C-]#[N+]c1c(-n2c3ccccc3c3ccc(C(C)(C)C)cc32)ccc(-c2cc(C)cc(C#N)c2)c1-n1c2ccccc2c2ccc(C(C)(C)C)cc21. The fourth-order valence-electron chi connectivity index (χ4n) is 7.70. The Morgan fingerprint density at radius 3 is 1.67 bits per heavy atom. The fourth-order valence-corrected chi connectivity index (χ4v) is 7.70. The largest absolute Gasteiger partial charge is 0.319 e. The number of hydrogen-bond acceptors (Lipinski definition) is 1. The van der Waals surface area contributed by atoms with Crippen LogP contribution in [0, 0.1) is 24.8 Å². The predicted octanol–water partition coefficient (Wildman–Crippen LogP) is 12.9. The van der Waals surface area contributed by atoms with Gasteiger partial charge in [-0.05, 0) is 88.0 Å². The molecule has 0 spiro atoms. The molecule has 0 saturated carbocycles. The van der Waals surface area contributed by atoms with Crippen molar-refractivity contribution in [3.05, 3.63) is 149 Å². The minimum Gasteiger partial charge on any atom is -0.319 e. The molecule has 6 aromatic carbocycles.